The first-order valence-electron chi connectivity index (χ1n) is 7.81. The lowest BCUT2D eigenvalue weighted by molar-refractivity contribution is 0.0475. The average Bonchev–Trinajstić information content (AvgIpc) is 2.61. The maximum Gasteiger partial charge on any atom is 0.338 e. The Morgan fingerprint density at radius 2 is 1.50 bits per heavy atom. The Hall–Kier alpha value is -2.94. The first-order chi connectivity index (χ1) is 11.5. The molecule has 0 bridgehead atoms. The molecule has 3 rings (SSSR count). The predicted octanol–water partition coefficient (Wildman–Crippen LogP) is 4.50. The number of hydrogen-bond donors (Lipinski definition) is 0. The second-order valence-corrected chi connectivity index (χ2v) is 5.86. The van der Waals surface area contributed by atoms with Crippen molar-refractivity contribution in [1.29, 1.82) is 0 Å². The zero-order valence-electron chi connectivity index (χ0n) is 13.7. The van der Waals surface area contributed by atoms with Gasteiger partial charge in [-0.3, -0.25) is 4.79 Å². The Kier molecular flexibility index (Phi) is 4.43. The van der Waals surface area contributed by atoms with Crippen molar-refractivity contribution in [2.45, 2.75) is 13.8 Å². The summed E-state index contributed by atoms with van der Waals surface area (Å²) in [5, 5.41) is 2.02. The molecule has 0 saturated heterocycles. The van der Waals surface area contributed by atoms with E-state index in [-0.39, 0.29) is 12.4 Å². The normalized spacial score (nSPS) is 10.6. The number of carbonyl (C=O) groups excluding carboxylic acids is 2. The van der Waals surface area contributed by atoms with E-state index in [9.17, 15) is 9.59 Å². The fraction of sp³-hybridized carbons (Fsp3) is 0.143. The van der Waals surface area contributed by atoms with Crippen molar-refractivity contribution in [2.75, 3.05) is 6.61 Å². The third-order valence-corrected chi connectivity index (χ3v) is 4.15. The van der Waals surface area contributed by atoms with Gasteiger partial charge in [0.15, 0.2) is 12.4 Å². The summed E-state index contributed by atoms with van der Waals surface area (Å²) in [7, 11) is 0. The van der Waals surface area contributed by atoms with Crippen LogP contribution < -0.4 is 0 Å². The molecule has 0 heterocycles. The number of esters is 1. The largest absolute Gasteiger partial charge is 0.454 e. The summed E-state index contributed by atoms with van der Waals surface area (Å²) < 4.78 is 5.17. The maximum absolute atomic E-state index is 12.2. The van der Waals surface area contributed by atoms with E-state index >= 15 is 0 Å². The molecule has 0 saturated carbocycles. The monoisotopic (exact) mass is 318 g/mol. The molecule has 0 radical (unpaired) electrons. The summed E-state index contributed by atoms with van der Waals surface area (Å²) >= 11 is 0. The zero-order chi connectivity index (χ0) is 17.1. The Labute approximate surface area is 140 Å². The molecule has 0 unspecified atom stereocenters. The predicted molar refractivity (Wildman–Crippen MR) is 94.5 cm³/mol. The zero-order valence-corrected chi connectivity index (χ0v) is 13.7. The number of ether oxygens (including phenoxy) is 1. The summed E-state index contributed by atoms with van der Waals surface area (Å²) in [5.74, 6) is -0.690. The molecule has 3 heteroatoms. The van der Waals surface area contributed by atoms with E-state index in [4.69, 9.17) is 4.74 Å². The molecular weight excluding hydrogens is 300 g/mol. The molecule has 0 N–H and O–H groups in total. The van der Waals surface area contributed by atoms with Gasteiger partial charge in [0.25, 0.3) is 0 Å². The van der Waals surface area contributed by atoms with E-state index in [0.29, 0.717) is 11.1 Å². The number of benzene rings is 3. The molecule has 0 amide bonds. The van der Waals surface area contributed by atoms with Crippen LogP contribution in [0.15, 0.2) is 60.7 Å². The summed E-state index contributed by atoms with van der Waals surface area (Å²) in [6.45, 7) is 3.69. The second-order valence-electron chi connectivity index (χ2n) is 5.86. The van der Waals surface area contributed by atoms with Crippen LogP contribution in [0.3, 0.4) is 0 Å². The van der Waals surface area contributed by atoms with Crippen LogP contribution >= 0.6 is 0 Å². The molecule has 0 fully saturated rings. The van der Waals surface area contributed by atoms with Crippen LogP contribution in [-0.2, 0) is 4.74 Å². The van der Waals surface area contributed by atoms with Crippen LogP contribution in [0, 0.1) is 13.8 Å². The molecule has 0 spiro atoms. The van der Waals surface area contributed by atoms with Crippen LogP contribution in [0.2, 0.25) is 0 Å². The van der Waals surface area contributed by atoms with Gasteiger partial charge in [-0.05, 0) is 53.9 Å². The quantitative estimate of drug-likeness (QED) is 0.525. The van der Waals surface area contributed by atoms with Gasteiger partial charge in [0, 0.05) is 5.56 Å². The van der Waals surface area contributed by atoms with Crippen LogP contribution in [0.1, 0.15) is 31.8 Å². The van der Waals surface area contributed by atoms with E-state index < -0.39 is 5.97 Å². The van der Waals surface area contributed by atoms with Crippen molar-refractivity contribution in [1.82, 2.24) is 0 Å². The lowest BCUT2D eigenvalue weighted by atomic mass is 10.0. The van der Waals surface area contributed by atoms with Gasteiger partial charge in [0.1, 0.15) is 0 Å². The number of rotatable bonds is 4. The van der Waals surface area contributed by atoms with Crippen molar-refractivity contribution < 1.29 is 14.3 Å². The van der Waals surface area contributed by atoms with E-state index in [1.54, 1.807) is 18.2 Å². The van der Waals surface area contributed by atoms with Crippen molar-refractivity contribution in [3.63, 3.8) is 0 Å². The minimum atomic E-state index is -0.488. The fourth-order valence-electron chi connectivity index (χ4n) is 2.53. The molecule has 120 valence electrons. The Morgan fingerprint density at radius 1 is 0.792 bits per heavy atom. The van der Waals surface area contributed by atoms with Gasteiger partial charge in [0.05, 0.1) is 5.56 Å². The van der Waals surface area contributed by atoms with Gasteiger partial charge in [0.2, 0.25) is 0 Å². The van der Waals surface area contributed by atoms with Crippen molar-refractivity contribution in [3.05, 3.63) is 82.9 Å². The average molecular weight is 318 g/mol. The molecule has 3 aromatic rings. The van der Waals surface area contributed by atoms with Crippen LogP contribution in [0.25, 0.3) is 10.8 Å². The van der Waals surface area contributed by atoms with Crippen molar-refractivity contribution in [3.8, 4) is 0 Å². The number of ketones is 1. The first kappa shape index (κ1) is 15.9. The molecular formula is C21H18O3. The third-order valence-electron chi connectivity index (χ3n) is 4.15. The standard InChI is InChI=1S/C21H18O3/c1-14-7-8-18(11-15(14)2)20(22)13-24-21(23)19-10-9-16-5-3-4-6-17(16)12-19/h3-12H,13H2,1-2H3. The molecule has 3 nitrogen and oxygen atoms in total. The lowest BCUT2D eigenvalue weighted by Gasteiger charge is -2.07. The number of aryl methyl sites for hydroxylation is 2. The van der Waals surface area contributed by atoms with E-state index in [0.717, 1.165) is 21.9 Å². The van der Waals surface area contributed by atoms with Crippen LogP contribution in [0.4, 0.5) is 0 Å². The van der Waals surface area contributed by atoms with Gasteiger partial charge in [-0.15, -0.1) is 0 Å². The Bertz CT molecular complexity index is 925. The number of Topliss-reactive ketones (excluding diaryl/α,β-unsaturated/α-hetero) is 1. The topological polar surface area (TPSA) is 43.4 Å². The SMILES string of the molecule is Cc1ccc(C(=O)COC(=O)c2ccc3ccccc3c2)cc1C. The minimum Gasteiger partial charge on any atom is -0.454 e. The number of carbonyl (C=O) groups is 2. The molecule has 0 aliphatic heterocycles. The summed E-state index contributed by atoms with van der Waals surface area (Å²) in [6.07, 6.45) is 0. The molecule has 3 aromatic carbocycles. The number of fused-ring (bicyclic) bond motifs is 1. The molecule has 0 atom stereocenters. The highest BCUT2D eigenvalue weighted by Gasteiger charge is 2.12. The van der Waals surface area contributed by atoms with Crippen LogP contribution in [0.5, 0.6) is 0 Å². The molecule has 0 aromatic heterocycles. The highest BCUT2D eigenvalue weighted by Crippen LogP contribution is 2.16. The third kappa shape index (κ3) is 3.35. The van der Waals surface area contributed by atoms with Gasteiger partial charge < -0.3 is 4.74 Å². The highest BCUT2D eigenvalue weighted by molar-refractivity contribution is 6.00. The Morgan fingerprint density at radius 3 is 2.25 bits per heavy atom. The lowest BCUT2D eigenvalue weighted by Crippen LogP contribution is -2.14. The minimum absolute atomic E-state index is 0.202. The molecule has 0 aliphatic rings. The summed E-state index contributed by atoms with van der Waals surface area (Å²) in [6, 6.07) is 18.6. The first-order valence-corrected chi connectivity index (χ1v) is 7.81. The number of hydrogen-bond acceptors (Lipinski definition) is 3. The van der Waals surface area contributed by atoms with Crippen molar-refractivity contribution in [2.24, 2.45) is 0 Å². The molecule has 24 heavy (non-hydrogen) atoms. The fourth-order valence-corrected chi connectivity index (χ4v) is 2.53. The van der Waals surface area contributed by atoms with E-state index in [1.807, 2.05) is 56.3 Å². The smallest absolute Gasteiger partial charge is 0.338 e. The van der Waals surface area contributed by atoms with Crippen LogP contribution in [-0.4, -0.2) is 18.4 Å². The van der Waals surface area contributed by atoms with Gasteiger partial charge >= 0.3 is 5.97 Å². The highest BCUT2D eigenvalue weighted by atomic mass is 16.5. The maximum atomic E-state index is 12.2. The summed E-state index contributed by atoms with van der Waals surface area (Å²) in [4.78, 5) is 24.3. The van der Waals surface area contributed by atoms with Crippen molar-refractivity contribution >= 4 is 22.5 Å². The van der Waals surface area contributed by atoms with Gasteiger partial charge in [-0.2, -0.15) is 0 Å². The van der Waals surface area contributed by atoms with Gasteiger partial charge in [-0.1, -0.05) is 42.5 Å². The molecule has 0 aliphatic carbocycles. The second kappa shape index (κ2) is 6.67. The van der Waals surface area contributed by atoms with E-state index in [1.165, 1.54) is 0 Å². The van der Waals surface area contributed by atoms with Gasteiger partial charge in [-0.25, -0.2) is 4.79 Å². The summed E-state index contributed by atoms with van der Waals surface area (Å²) in [5.41, 5.74) is 3.17. The Balaban J connectivity index is 1.69. The van der Waals surface area contributed by atoms with E-state index in [2.05, 4.69) is 0 Å².